The highest BCUT2D eigenvalue weighted by atomic mass is 32.1. The van der Waals surface area contributed by atoms with E-state index in [9.17, 15) is 9.59 Å². The topological polar surface area (TPSA) is 84.0 Å². The fourth-order valence-electron chi connectivity index (χ4n) is 2.09. The van der Waals surface area contributed by atoms with Crippen LogP contribution in [0.3, 0.4) is 0 Å². The van der Waals surface area contributed by atoms with Gasteiger partial charge in [-0.25, -0.2) is 0 Å². The Kier molecular flexibility index (Phi) is 5.10. The zero-order valence-corrected chi connectivity index (χ0v) is 14.4. The Labute approximate surface area is 139 Å². The van der Waals surface area contributed by atoms with Crippen LogP contribution < -0.4 is 10.6 Å². The number of amides is 2. The van der Waals surface area contributed by atoms with Gasteiger partial charge in [0.15, 0.2) is 0 Å². The molecule has 2 rings (SSSR count). The van der Waals surface area contributed by atoms with E-state index in [1.807, 2.05) is 30.3 Å². The molecular weight excluding hydrogens is 312 g/mol. The molecule has 1 heterocycles. The first-order valence-corrected chi connectivity index (χ1v) is 8.10. The van der Waals surface area contributed by atoms with Gasteiger partial charge in [0.2, 0.25) is 16.9 Å². The molecule has 6 nitrogen and oxygen atoms in total. The van der Waals surface area contributed by atoms with E-state index in [0.717, 1.165) is 10.6 Å². The third kappa shape index (κ3) is 4.13. The highest BCUT2D eigenvalue weighted by Crippen LogP contribution is 2.34. The van der Waals surface area contributed by atoms with Crippen molar-refractivity contribution in [2.24, 2.45) is 0 Å². The van der Waals surface area contributed by atoms with Gasteiger partial charge in [-0.05, 0) is 26.3 Å². The number of hydrogen-bond donors (Lipinski definition) is 2. The molecule has 0 bridgehead atoms. The summed E-state index contributed by atoms with van der Waals surface area (Å²) in [4.78, 5) is 23.0. The molecule has 2 N–H and O–H groups in total. The molecule has 0 fully saturated rings. The average molecular weight is 332 g/mol. The van der Waals surface area contributed by atoms with Gasteiger partial charge >= 0.3 is 0 Å². The summed E-state index contributed by atoms with van der Waals surface area (Å²) in [6, 6.07) is 9.39. The Balaban J connectivity index is 2.12. The van der Waals surface area contributed by atoms with E-state index in [4.69, 9.17) is 0 Å². The second-order valence-electron chi connectivity index (χ2n) is 5.81. The zero-order valence-electron chi connectivity index (χ0n) is 13.6. The fourth-order valence-corrected chi connectivity index (χ4v) is 2.96. The van der Waals surface area contributed by atoms with E-state index in [0.29, 0.717) is 5.13 Å². The quantitative estimate of drug-likeness (QED) is 0.880. The van der Waals surface area contributed by atoms with Crippen LogP contribution in [0.25, 0.3) is 0 Å². The molecular formula is C16H20N4O2S. The predicted molar refractivity (Wildman–Crippen MR) is 90.4 cm³/mol. The molecule has 2 amide bonds. The summed E-state index contributed by atoms with van der Waals surface area (Å²) in [6.07, 6.45) is 0. The highest BCUT2D eigenvalue weighted by molar-refractivity contribution is 7.15. The SMILES string of the molecule is CC(=O)NC(C)C(=O)Nc1nnc(C(C)(C)c2ccccc2)s1. The van der Waals surface area contributed by atoms with Crippen LogP contribution >= 0.6 is 11.3 Å². The van der Waals surface area contributed by atoms with E-state index in [1.165, 1.54) is 18.3 Å². The van der Waals surface area contributed by atoms with Crippen molar-refractivity contribution in [1.82, 2.24) is 15.5 Å². The molecule has 1 atom stereocenters. The van der Waals surface area contributed by atoms with Crippen molar-refractivity contribution in [2.45, 2.75) is 39.2 Å². The minimum atomic E-state index is -0.623. The number of anilines is 1. The van der Waals surface area contributed by atoms with Crippen LogP contribution in [-0.2, 0) is 15.0 Å². The number of aromatic nitrogens is 2. The molecule has 0 saturated heterocycles. The Hall–Kier alpha value is -2.28. The number of benzene rings is 1. The number of nitrogens with one attached hydrogen (secondary N) is 2. The third-order valence-electron chi connectivity index (χ3n) is 3.50. The molecule has 1 aromatic carbocycles. The molecule has 0 aliphatic heterocycles. The number of carbonyl (C=O) groups is 2. The highest BCUT2D eigenvalue weighted by Gasteiger charge is 2.28. The van der Waals surface area contributed by atoms with Gasteiger partial charge < -0.3 is 5.32 Å². The van der Waals surface area contributed by atoms with Gasteiger partial charge in [0.05, 0.1) is 0 Å². The molecule has 0 spiro atoms. The predicted octanol–water partition coefficient (Wildman–Crippen LogP) is 2.33. The van der Waals surface area contributed by atoms with E-state index < -0.39 is 6.04 Å². The first-order chi connectivity index (χ1) is 10.8. The van der Waals surface area contributed by atoms with Gasteiger partial charge in [-0.2, -0.15) is 0 Å². The van der Waals surface area contributed by atoms with Crippen LogP contribution in [0, 0.1) is 0 Å². The van der Waals surface area contributed by atoms with Gasteiger partial charge in [-0.15, -0.1) is 10.2 Å². The molecule has 0 aliphatic carbocycles. The van der Waals surface area contributed by atoms with E-state index in [-0.39, 0.29) is 17.2 Å². The zero-order chi connectivity index (χ0) is 17.0. The standard InChI is InChI=1S/C16H20N4O2S/c1-10(17-11(2)21)13(22)18-15-20-19-14(23-15)16(3,4)12-8-6-5-7-9-12/h5-10H,1-4H3,(H,17,21)(H,18,20,22). The largest absolute Gasteiger partial charge is 0.345 e. The summed E-state index contributed by atoms with van der Waals surface area (Å²) < 4.78 is 0. The van der Waals surface area contributed by atoms with Crippen LogP contribution in [0.5, 0.6) is 0 Å². The Morgan fingerprint density at radius 3 is 2.43 bits per heavy atom. The Bertz CT molecular complexity index is 697. The van der Waals surface area contributed by atoms with Crippen LogP contribution in [0.1, 0.15) is 38.3 Å². The van der Waals surface area contributed by atoms with Crippen molar-refractivity contribution < 1.29 is 9.59 Å². The second-order valence-corrected chi connectivity index (χ2v) is 6.79. The Morgan fingerprint density at radius 2 is 1.83 bits per heavy atom. The van der Waals surface area contributed by atoms with Gasteiger partial charge in [0.25, 0.3) is 0 Å². The van der Waals surface area contributed by atoms with Crippen molar-refractivity contribution in [1.29, 1.82) is 0 Å². The van der Waals surface area contributed by atoms with Gasteiger partial charge in [-0.3, -0.25) is 14.9 Å². The summed E-state index contributed by atoms with van der Waals surface area (Å²) >= 11 is 1.33. The first kappa shape index (κ1) is 17.1. The molecule has 2 aromatic rings. The molecule has 0 radical (unpaired) electrons. The molecule has 122 valence electrons. The number of nitrogens with zero attached hydrogens (tertiary/aromatic N) is 2. The van der Waals surface area contributed by atoms with Crippen LogP contribution in [-0.4, -0.2) is 28.1 Å². The summed E-state index contributed by atoms with van der Waals surface area (Å²) in [6.45, 7) is 7.12. The maximum absolute atomic E-state index is 12.0. The van der Waals surface area contributed by atoms with Gasteiger partial charge in [0.1, 0.15) is 11.0 Å². The maximum Gasteiger partial charge on any atom is 0.248 e. The minimum absolute atomic E-state index is 0.254. The molecule has 0 aliphatic rings. The van der Waals surface area contributed by atoms with Crippen molar-refractivity contribution in [3.05, 3.63) is 40.9 Å². The fraction of sp³-hybridized carbons (Fsp3) is 0.375. The van der Waals surface area contributed by atoms with Crippen LogP contribution in [0.4, 0.5) is 5.13 Å². The maximum atomic E-state index is 12.0. The number of carbonyl (C=O) groups excluding carboxylic acids is 2. The van der Waals surface area contributed by atoms with Crippen LogP contribution in [0.2, 0.25) is 0 Å². The Morgan fingerprint density at radius 1 is 1.17 bits per heavy atom. The van der Waals surface area contributed by atoms with Gasteiger partial charge in [0, 0.05) is 12.3 Å². The summed E-state index contributed by atoms with van der Waals surface area (Å²) in [5, 5.41) is 14.7. The molecule has 23 heavy (non-hydrogen) atoms. The van der Waals surface area contributed by atoms with Crippen LogP contribution in [0.15, 0.2) is 30.3 Å². The first-order valence-electron chi connectivity index (χ1n) is 7.28. The molecule has 1 unspecified atom stereocenters. The van der Waals surface area contributed by atoms with Crippen molar-refractivity contribution in [3.63, 3.8) is 0 Å². The van der Waals surface area contributed by atoms with Crippen molar-refractivity contribution >= 4 is 28.3 Å². The smallest absolute Gasteiger partial charge is 0.248 e. The lowest BCUT2D eigenvalue weighted by molar-refractivity contribution is -0.124. The molecule has 1 aromatic heterocycles. The summed E-state index contributed by atoms with van der Waals surface area (Å²) in [5.74, 6) is -0.573. The lowest BCUT2D eigenvalue weighted by atomic mass is 9.85. The lowest BCUT2D eigenvalue weighted by Crippen LogP contribution is -2.40. The molecule has 0 saturated carbocycles. The average Bonchev–Trinajstić information content (AvgIpc) is 2.96. The summed E-state index contributed by atoms with van der Waals surface area (Å²) in [5.41, 5.74) is 0.825. The summed E-state index contributed by atoms with van der Waals surface area (Å²) in [7, 11) is 0. The third-order valence-corrected chi connectivity index (χ3v) is 4.66. The molecule has 7 heteroatoms. The normalized spacial score (nSPS) is 12.5. The monoisotopic (exact) mass is 332 g/mol. The second kappa shape index (κ2) is 6.87. The van der Waals surface area contributed by atoms with Crippen molar-refractivity contribution in [3.8, 4) is 0 Å². The van der Waals surface area contributed by atoms with E-state index >= 15 is 0 Å². The minimum Gasteiger partial charge on any atom is -0.345 e. The number of hydrogen-bond acceptors (Lipinski definition) is 5. The number of rotatable bonds is 5. The van der Waals surface area contributed by atoms with E-state index in [2.05, 4.69) is 34.7 Å². The van der Waals surface area contributed by atoms with Gasteiger partial charge in [-0.1, -0.05) is 41.7 Å². The van der Waals surface area contributed by atoms with E-state index in [1.54, 1.807) is 6.92 Å². The lowest BCUT2D eigenvalue weighted by Gasteiger charge is -2.21. The van der Waals surface area contributed by atoms with Crippen molar-refractivity contribution in [2.75, 3.05) is 5.32 Å².